The number of aryl methyl sites for hydroxylation is 3. The van der Waals surface area contributed by atoms with Crippen molar-refractivity contribution in [1.82, 2.24) is 5.43 Å². The van der Waals surface area contributed by atoms with Crippen LogP contribution in [0.15, 0.2) is 41.5 Å². The molecule has 3 rings (SSSR count). The summed E-state index contributed by atoms with van der Waals surface area (Å²) in [5.41, 5.74) is 8.35. The highest BCUT2D eigenvalue weighted by Crippen LogP contribution is 2.29. The van der Waals surface area contributed by atoms with Crippen molar-refractivity contribution < 1.29 is 14.3 Å². The zero-order valence-corrected chi connectivity index (χ0v) is 16.9. The molecular weight excluding hydrogens is 352 g/mol. The largest absolute Gasteiger partial charge is 0.497 e. The van der Waals surface area contributed by atoms with E-state index in [1.54, 1.807) is 14.2 Å². The first-order chi connectivity index (χ1) is 13.6. The van der Waals surface area contributed by atoms with Crippen LogP contribution >= 0.6 is 0 Å². The van der Waals surface area contributed by atoms with Crippen molar-refractivity contribution >= 4 is 11.6 Å². The lowest BCUT2D eigenvalue weighted by molar-refractivity contribution is -0.121. The molecule has 0 aromatic heterocycles. The van der Waals surface area contributed by atoms with Gasteiger partial charge in [-0.1, -0.05) is 12.1 Å². The molecule has 0 spiro atoms. The summed E-state index contributed by atoms with van der Waals surface area (Å²) in [5.74, 6) is 1.71. The average molecular weight is 380 g/mol. The summed E-state index contributed by atoms with van der Waals surface area (Å²) in [6, 6.07) is 12.2. The molecule has 5 heteroatoms. The molecule has 1 aliphatic carbocycles. The summed E-state index contributed by atoms with van der Waals surface area (Å²) in [6.45, 7) is 2.03. The summed E-state index contributed by atoms with van der Waals surface area (Å²) in [7, 11) is 3.35. The Kier molecular flexibility index (Phi) is 6.69. The number of rotatable bonds is 7. The van der Waals surface area contributed by atoms with Crippen molar-refractivity contribution in [3.63, 3.8) is 0 Å². The lowest BCUT2D eigenvalue weighted by Gasteiger charge is -2.20. The molecule has 0 fully saturated rings. The highest BCUT2D eigenvalue weighted by Gasteiger charge is 2.18. The smallest absolute Gasteiger partial charge is 0.240 e. The molecule has 0 atom stereocenters. The number of hydrazone groups is 1. The van der Waals surface area contributed by atoms with Crippen molar-refractivity contribution in [3.05, 3.63) is 58.7 Å². The summed E-state index contributed by atoms with van der Waals surface area (Å²) >= 11 is 0. The van der Waals surface area contributed by atoms with Crippen LogP contribution in [-0.2, 0) is 17.6 Å². The van der Waals surface area contributed by atoms with Crippen LogP contribution in [0.4, 0.5) is 0 Å². The number of nitrogens with one attached hydrogen (secondary N) is 1. The van der Waals surface area contributed by atoms with E-state index in [1.807, 2.05) is 31.2 Å². The van der Waals surface area contributed by atoms with Gasteiger partial charge in [0, 0.05) is 12.0 Å². The van der Waals surface area contributed by atoms with E-state index in [0.717, 1.165) is 60.4 Å². The molecule has 1 N–H and O–H groups in total. The first-order valence-corrected chi connectivity index (χ1v) is 9.77. The number of amides is 1. The maximum absolute atomic E-state index is 12.2. The molecular formula is C23H28N2O3. The number of carbonyl (C=O) groups is 1. The number of hydrogen-bond acceptors (Lipinski definition) is 4. The van der Waals surface area contributed by atoms with Gasteiger partial charge in [0.15, 0.2) is 0 Å². The van der Waals surface area contributed by atoms with Crippen molar-refractivity contribution in [2.75, 3.05) is 14.2 Å². The van der Waals surface area contributed by atoms with Gasteiger partial charge in [-0.15, -0.1) is 0 Å². The molecule has 1 aliphatic rings. The van der Waals surface area contributed by atoms with Crippen LogP contribution in [0.2, 0.25) is 0 Å². The van der Waals surface area contributed by atoms with E-state index in [-0.39, 0.29) is 5.91 Å². The predicted octanol–water partition coefficient (Wildman–Crippen LogP) is 4.19. The van der Waals surface area contributed by atoms with E-state index in [9.17, 15) is 4.79 Å². The first kappa shape index (κ1) is 19.9. The Bertz CT molecular complexity index is 857. The maximum atomic E-state index is 12.2. The SMILES string of the molecule is COc1ccc(CCCC(=O)N/N=C2\CCCc3cc(OC)c(C)cc32)cc1. The third kappa shape index (κ3) is 4.91. The van der Waals surface area contributed by atoms with Gasteiger partial charge >= 0.3 is 0 Å². The van der Waals surface area contributed by atoms with Crippen LogP contribution in [0.5, 0.6) is 11.5 Å². The monoisotopic (exact) mass is 380 g/mol. The topological polar surface area (TPSA) is 59.9 Å². The second-order valence-corrected chi connectivity index (χ2v) is 7.13. The lowest BCUT2D eigenvalue weighted by Crippen LogP contribution is -2.22. The third-order valence-electron chi connectivity index (χ3n) is 5.14. The van der Waals surface area contributed by atoms with E-state index in [2.05, 4.69) is 22.7 Å². The minimum absolute atomic E-state index is 0.0432. The Balaban J connectivity index is 1.55. The second-order valence-electron chi connectivity index (χ2n) is 7.13. The van der Waals surface area contributed by atoms with E-state index in [4.69, 9.17) is 9.47 Å². The fourth-order valence-corrected chi connectivity index (χ4v) is 3.55. The van der Waals surface area contributed by atoms with E-state index < -0.39 is 0 Å². The van der Waals surface area contributed by atoms with Crippen LogP contribution in [0.3, 0.4) is 0 Å². The molecule has 0 unspecified atom stereocenters. The van der Waals surface area contributed by atoms with E-state index in [1.165, 1.54) is 11.1 Å². The Morgan fingerprint density at radius 3 is 2.61 bits per heavy atom. The molecule has 2 aromatic carbocycles. The van der Waals surface area contributed by atoms with Gasteiger partial charge in [0.1, 0.15) is 11.5 Å². The fourth-order valence-electron chi connectivity index (χ4n) is 3.55. The number of carbonyl (C=O) groups excluding carboxylic acids is 1. The molecule has 1 amide bonds. The summed E-state index contributed by atoms with van der Waals surface area (Å²) in [4.78, 5) is 12.2. The normalized spacial score (nSPS) is 14.5. The first-order valence-electron chi connectivity index (χ1n) is 9.77. The van der Waals surface area contributed by atoms with E-state index >= 15 is 0 Å². The molecule has 0 bridgehead atoms. The number of hydrogen-bond donors (Lipinski definition) is 1. The quantitative estimate of drug-likeness (QED) is 0.733. The van der Waals surface area contributed by atoms with Gasteiger partial charge in [-0.2, -0.15) is 5.10 Å². The summed E-state index contributed by atoms with van der Waals surface area (Å²) < 4.78 is 10.6. The van der Waals surface area contributed by atoms with Crippen molar-refractivity contribution in [3.8, 4) is 11.5 Å². The molecule has 2 aromatic rings. The van der Waals surface area contributed by atoms with Gasteiger partial charge in [-0.05, 0) is 80.0 Å². The molecule has 5 nitrogen and oxygen atoms in total. The van der Waals surface area contributed by atoms with Crippen molar-refractivity contribution in [2.45, 2.75) is 45.4 Å². The molecule has 0 saturated carbocycles. The zero-order valence-electron chi connectivity index (χ0n) is 16.9. The second kappa shape index (κ2) is 9.40. The van der Waals surface area contributed by atoms with Gasteiger partial charge in [0.2, 0.25) is 5.91 Å². The number of methoxy groups -OCH3 is 2. The number of fused-ring (bicyclic) bond motifs is 1. The van der Waals surface area contributed by atoms with E-state index in [0.29, 0.717) is 6.42 Å². The number of ether oxygens (including phenoxy) is 2. The Morgan fingerprint density at radius 1 is 1.11 bits per heavy atom. The summed E-state index contributed by atoms with van der Waals surface area (Å²) in [6.07, 6.45) is 5.03. The minimum Gasteiger partial charge on any atom is -0.497 e. The zero-order chi connectivity index (χ0) is 19.9. The van der Waals surface area contributed by atoms with Gasteiger partial charge in [-0.3, -0.25) is 4.79 Å². The third-order valence-corrected chi connectivity index (χ3v) is 5.14. The Hall–Kier alpha value is -2.82. The van der Waals surface area contributed by atoms with Crippen LogP contribution in [0.25, 0.3) is 0 Å². The van der Waals surface area contributed by atoms with Crippen LogP contribution in [0.1, 0.15) is 47.9 Å². The fraction of sp³-hybridized carbons (Fsp3) is 0.391. The predicted molar refractivity (Wildman–Crippen MR) is 111 cm³/mol. The Labute approximate surface area is 166 Å². The standard InChI is InChI=1S/C23H28N2O3/c1-16-14-20-18(15-22(16)28-3)7-5-8-21(20)24-25-23(26)9-4-6-17-10-12-19(27-2)13-11-17/h10-15H,4-9H2,1-3H3,(H,25,26)/b24-21+. The van der Waals surface area contributed by atoms with Crippen LogP contribution in [0, 0.1) is 6.92 Å². The van der Waals surface area contributed by atoms with Gasteiger partial charge in [0.05, 0.1) is 19.9 Å². The molecule has 0 aliphatic heterocycles. The summed E-state index contributed by atoms with van der Waals surface area (Å²) in [5, 5.41) is 4.43. The maximum Gasteiger partial charge on any atom is 0.240 e. The minimum atomic E-state index is -0.0432. The van der Waals surface area contributed by atoms with Gasteiger partial charge in [0.25, 0.3) is 0 Å². The molecule has 28 heavy (non-hydrogen) atoms. The van der Waals surface area contributed by atoms with Gasteiger partial charge in [-0.25, -0.2) is 5.43 Å². The van der Waals surface area contributed by atoms with Crippen molar-refractivity contribution in [1.29, 1.82) is 0 Å². The molecule has 0 saturated heterocycles. The number of benzene rings is 2. The van der Waals surface area contributed by atoms with Gasteiger partial charge < -0.3 is 9.47 Å². The molecule has 0 radical (unpaired) electrons. The lowest BCUT2D eigenvalue weighted by atomic mass is 9.88. The number of nitrogens with zero attached hydrogens (tertiary/aromatic N) is 1. The highest BCUT2D eigenvalue weighted by atomic mass is 16.5. The van der Waals surface area contributed by atoms with Crippen molar-refractivity contribution in [2.24, 2.45) is 5.10 Å². The molecule has 0 heterocycles. The highest BCUT2D eigenvalue weighted by molar-refractivity contribution is 6.03. The average Bonchev–Trinajstić information content (AvgIpc) is 2.72. The van der Waals surface area contributed by atoms with Crippen LogP contribution in [-0.4, -0.2) is 25.8 Å². The molecule has 148 valence electrons. The Morgan fingerprint density at radius 2 is 1.89 bits per heavy atom. The van der Waals surface area contributed by atoms with Crippen LogP contribution < -0.4 is 14.9 Å².